The van der Waals surface area contributed by atoms with Crippen molar-refractivity contribution in [2.75, 3.05) is 0 Å². The summed E-state index contributed by atoms with van der Waals surface area (Å²) in [5, 5.41) is 0. The van der Waals surface area contributed by atoms with Gasteiger partial charge in [0.05, 0.1) is 0 Å². The Morgan fingerprint density at radius 2 is 1.62 bits per heavy atom. The molecular weight excluding hydrogens is 194 g/mol. The average molecular weight is 221 g/mol. The third-order valence-electron chi connectivity index (χ3n) is 3.43. The van der Waals surface area contributed by atoms with Crippen LogP contribution in [-0.4, -0.2) is 4.98 Å². The normalized spacial score (nSPS) is 11.3. The number of aromatic amines is 1. The Morgan fingerprint density at radius 3 is 2.06 bits per heavy atom. The van der Waals surface area contributed by atoms with Crippen molar-refractivity contribution in [2.24, 2.45) is 0 Å². The molecule has 1 nitrogen and oxygen atoms in total. The number of hydrogen-bond acceptors (Lipinski definition) is 0. The van der Waals surface area contributed by atoms with E-state index in [0.29, 0.717) is 0 Å². The van der Waals surface area contributed by atoms with Gasteiger partial charge < -0.3 is 4.98 Å². The summed E-state index contributed by atoms with van der Waals surface area (Å²) in [4.78, 5) is 3.65. The number of aryl methyl sites for hydroxylation is 2. The van der Waals surface area contributed by atoms with Crippen LogP contribution >= 0.6 is 0 Å². The average Bonchev–Trinajstić information content (AvgIpc) is 2.72. The van der Waals surface area contributed by atoms with Gasteiger partial charge in [-0.25, -0.2) is 0 Å². The van der Waals surface area contributed by atoms with Gasteiger partial charge in [-0.1, -0.05) is 40.5 Å². The molecule has 0 spiro atoms. The third kappa shape index (κ3) is 3.13. The van der Waals surface area contributed by atoms with Crippen molar-refractivity contribution in [3.63, 3.8) is 0 Å². The van der Waals surface area contributed by atoms with Crippen LogP contribution in [-0.2, 0) is 12.8 Å². The highest BCUT2D eigenvalue weighted by Gasteiger charge is 2.15. The summed E-state index contributed by atoms with van der Waals surface area (Å²) in [5.41, 5.74) is 4.48. The van der Waals surface area contributed by atoms with Crippen molar-refractivity contribution in [2.45, 2.75) is 72.1 Å². The summed E-state index contributed by atoms with van der Waals surface area (Å²) < 4.78 is 0. The zero-order chi connectivity index (χ0) is 12.0. The van der Waals surface area contributed by atoms with Crippen LogP contribution in [0.15, 0.2) is 6.07 Å². The quantitative estimate of drug-likeness (QED) is 0.679. The van der Waals surface area contributed by atoms with Crippen LogP contribution in [0.3, 0.4) is 0 Å². The Balaban J connectivity index is 2.91. The van der Waals surface area contributed by atoms with Gasteiger partial charge in [-0.2, -0.15) is 0 Å². The minimum absolute atomic E-state index is 0.755. The van der Waals surface area contributed by atoms with Crippen LogP contribution in [0.5, 0.6) is 0 Å². The van der Waals surface area contributed by atoms with E-state index in [9.17, 15) is 0 Å². The van der Waals surface area contributed by atoms with Crippen molar-refractivity contribution >= 4 is 0 Å². The molecule has 0 aliphatic rings. The van der Waals surface area contributed by atoms with Gasteiger partial charge in [-0.15, -0.1) is 0 Å². The smallest absolute Gasteiger partial charge is 0.0213 e. The first-order valence-electron chi connectivity index (χ1n) is 6.97. The maximum atomic E-state index is 3.65. The summed E-state index contributed by atoms with van der Waals surface area (Å²) in [6.07, 6.45) is 7.51. The van der Waals surface area contributed by atoms with Crippen LogP contribution in [0, 0.1) is 0 Å². The minimum Gasteiger partial charge on any atom is -0.362 e. The van der Waals surface area contributed by atoms with Gasteiger partial charge in [0, 0.05) is 11.4 Å². The molecule has 0 bridgehead atoms. The first kappa shape index (κ1) is 13.3. The van der Waals surface area contributed by atoms with Gasteiger partial charge in [0.2, 0.25) is 0 Å². The first-order valence-corrected chi connectivity index (χ1v) is 6.97. The molecule has 0 amide bonds. The Hall–Kier alpha value is -0.720. The predicted octanol–water partition coefficient (Wildman–Crippen LogP) is 4.82. The fourth-order valence-corrected chi connectivity index (χ4v) is 2.55. The largest absolute Gasteiger partial charge is 0.362 e. The Labute approximate surface area is 101 Å². The molecule has 0 saturated carbocycles. The van der Waals surface area contributed by atoms with Gasteiger partial charge >= 0.3 is 0 Å². The topological polar surface area (TPSA) is 15.8 Å². The second-order valence-corrected chi connectivity index (χ2v) is 4.71. The molecule has 0 unspecified atom stereocenters. The molecule has 0 atom stereocenters. The highest BCUT2D eigenvalue weighted by atomic mass is 14.7. The molecule has 0 aliphatic carbocycles. The summed E-state index contributed by atoms with van der Waals surface area (Å²) in [6.45, 7) is 9.07. The third-order valence-corrected chi connectivity index (χ3v) is 3.43. The minimum atomic E-state index is 0.755. The number of aromatic nitrogens is 1. The number of H-pyrrole nitrogens is 1. The van der Waals surface area contributed by atoms with Crippen molar-refractivity contribution in [1.82, 2.24) is 4.98 Å². The van der Waals surface area contributed by atoms with E-state index in [1.165, 1.54) is 37.1 Å². The fourth-order valence-electron chi connectivity index (χ4n) is 2.55. The van der Waals surface area contributed by atoms with Crippen LogP contribution in [0.25, 0.3) is 0 Å². The summed E-state index contributed by atoms with van der Waals surface area (Å²) in [6, 6.07) is 2.37. The lowest BCUT2D eigenvalue weighted by molar-refractivity contribution is 0.546. The number of nitrogens with one attached hydrogen (secondary N) is 1. The van der Waals surface area contributed by atoms with Gasteiger partial charge in [0.15, 0.2) is 0 Å². The predicted molar refractivity (Wildman–Crippen MR) is 72.1 cm³/mol. The molecule has 1 aromatic rings. The summed E-state index contributed by atoms with van der Waals surface area (Å²) in [5.74, 6) is 0.755. The summed E-state index contributed by atoms with van der Waals surface area (Å²) >= 11 is 0. The molecule has 0 saturated heterocycles. The summed E-state index contributed by atoms with van der Waals surface area (Å²) in [7, 11) is 0. The van der Waals surface area contributed by atoms with Gasteiger partial charge in [0.25, 0.3) is 0 Å². The van der Waals surface area contributed by atoms with E-state index in [2.05, 4.69) is 38.7 Å². The number of rotatable bonds is 7. The maximum absolute atomic E-state index is 3.65. The molecule has 0 aromatic carbocycles. The van der Waals surface area contributed by atoms with E-state index in [0.717, 1.165) is 18.8 Å². The number of hydrogen-bond donors (Lipinski definition) is 1. The molecule has 1 aromatic heterocycles. The lowest BCUT2D eigenvalue weighted by Crippen LogP contribution is -2.02. The van der Waals surface area contributed by atoms with Crippen molar-refractivity contribution in [1.29, 1.82) is 0 Å². The molecule has 0 radical (unpaired) electrons. The highest BCUT2D eigenvalue weighted by molar-refractivity contribution is 5.29. The molecule has 0 aliphatic heterocycles. The van der Waals surface area contributed by atoms with Crippen molar-refractivity contribution in [3.8, 4) is 0 Å². The standard InChI is InChI=1S/C15H27N/c1-5-9-13(10-6-2)15-12(7-3)11-14(8-4)16-15/h11,13,16H,5-10H2,1-4H3. The van der Waals surface area contributed by atoms with E-state index >= 15 is 0 Å². The Bertz CT molecular complexity index is 292. The lowest BCUT2D eigenvalue weighted by atomic mass is 9.92. The van der Waals surface area contributed by atoms with E-state index < -0.39 is 0 Å². The molecule has 0 fully saturated rings. The molecular formula is C15H27N. The van der Waals surface area contributed by atoms with Crippen LogP contribution in [0.4, 0.5) is 0 Å². The Kier molecular flexibility index (Phi) is 5.65. The van der Waals surface area contributed by atoms with Crippen LogP contribution < -0.4 is 0 Å². The second-order valence-electron chi connectivity index (χ2n) is 4.71. The van der Waals surface area contributed by atoms with Gasteiger partial charge in [-0.3, -0.25) is 0 Å². The van der Waals surface area contributed by atoms with E-state index in [4.69, 9.17) is 0 Å². The van der Waals surface area contributed by atoms with Gasteiger partial charge in [-0.05, 0) is 43.2 Å². The fraction of sp³-hybridized carbons (Fsp3) is 0.733. The molecule has 1 N–H and O–H groups in total. The zero-order valence-corrected chi connectivity index (χ0v) is 11.4. The van der Waals surface area contributed by atoms with Crippen molar-refractivity contribution < 1.29 is 0 Å². The Morgan fingerprint density at radius 1 is 1.00 bits per heavy atom. The lowest BCUT2D eigenvalue weighted by Gasteiger charge is -2.16. The second kappa shape index (κ2) is 6.78. The van der Waals surface area contributed by atoms with Gasteiger partial charge in [0.1, 0.15) is 0 Å². The molecule has 1 heterocycles. The SMILES string of the molecule is CCCC(CCC)c1[nH]c(CC)cc1CC. The van der Waals surface area contributed by atoms with E-state index in [1.807, 2.05) is 0 Å². The van der Waals surface area contributed by atoms with Crippen molar-refractivity contribution in [3.05, 3.63) is 23.0 Å². The first-order chi connectivity index (χ1) is 7.76. The molecule has 1 rings (SSSR count). The van der Waals surface area contributed by atoms with Crippen LogP contribution in [0.2, 0.25) is 0 Å². The highest BCUT2D eigenvalue weighted by Crippen LogP contribution is 2.29. The van der Waals surface area contributed by atoms with Crippen LogP contribution in [0.1, 0.15) is 76.2 Å². The zero-order valence-electron chi connectivity index (χ0n) is 11.4. The molecule has 16 heavy (non-hydrogen) atoms. The molecule has 92 valence electrons. The monoisotopic (exact) mass is 221 g/mol. The molecule has 1 heteroatoms. The van der Waals surface area contributed by atoms with E-state index in [-0.39, 0.29) is 0 Å². The maximum Gasteiger partial charge on any atom is 0.0213 e. The van der Waals surface area contributed by atoms with E-state index in [1.54, 1.807) is 5.56 Å².